The minimum absolute atomic E-state index is 0.225. The largest absolute Gasteiger partial charge is 0.465 e. The van der Waals surface area contributed by atoms with Gasteiger partial charge >= 0.3 is 11.9 Å². The number of hydrogen-bond acceptors (Lipinski definition) is 6. The molecule has 2 atom stereocenters. The highest BCUT2D eigenvalue weighted by molar-refractivity contribution is 6.06. The summed E-state index contributed by atoms with van der Waals surface area (Å²) in [5.74, 6) is -1.21. The van der Waals surface area contributed by atoms with Crippen LogP contribution < -0.4 is 0 Å². The Kier molecular flexibility index (Phi) is 6.32. The van der Waals surface area contributed by atoms with E-state index in [0.29, 0.717) is 28.5 Å². The Morgan fingerprint density at radius 1 is 1.00 bits per heavy atom. The van der Waals surface area contributed by atoms with Crippen molar-refractivity contribution >= 4 is 17.7 Å². The summed E-state index contributed by atoms with van der Waals surface area (Å²) in [6, 6.07) is 13.3. The first-order chi connectivity index (χ1) is 14.0. The molecular formula is C23H25NO5. The van der Waals surface area contributed by atoms with Crippen molar-refractivity contribution in [1.82, 2.24) is 0 Å². The molecule has 1 aromatic heterocycles. The number of furan rings is 1. The summed E-state index contributed by atoms with van der Waals surface area (Å²) in [6.07, 6.45) is 0. The molecule has 0 fully saturated rings. The zero-order valence-corrected chi connectivity index (χ0v) is 17.1. The maximum atomic E-state index is 12.8. The summed E-state index contributed by atoms with van der Waals surface area (Å²) in [5.41, 5.74) is 2.33. The molecule has 2 aromatic rings. The molecule has 0 spiro atoms. The smallest absolute Gasteiger partial charge is 0.336 e. The molecule has 1 aliphatic heterocycles. The number of nitrogens with zero attached hydrogens (tertiary/aromatic N) is 1. The minimum Gasteiger partial charge on any atom is -0.465 e. The average molecular weight is 395 g/mol. The molecule has 0 amide bonds. The van der Waals surface area contributed by atoms with Crippen molar-refractivity contribution in [3.05, 3.63) is 59.5 Å². The van der Waals surface area contributed by atoms with Gasteiger partial charge in [0.25, 0.3) is 0 Å². The first-order valence-electron chi connectivity index (χ1n) is 9.72. The van der Waals surface area contributed by atoms with Gasteiger partial charge in [-0.3, -0.25) is 9.79 Å². The van der Waals surface area contributed by atoms with Crippen molar-refractivity contribution in [3.8, 4) is 11.3 Å². The molecule has 3 rings (SSSR count). The summed E-state index contributed by atoms with van der Waals surface area (Å²) in [5, 5.41) is 0. The van der Waals surface area contributed by atoms with Gasteiger partial charge in [-0.1, -0.05) is 30.3 Å². The van der Waals surface area contributed by atoms with Crippen LogP contribution in [0.2, 0.25) is 0 Å². The maximum absolute atomic E-state index is 12.8. The third-order valence-electron chi connectivity index (χ3n) is 4.86. The van der Waals surface area contributed by atoms with Gasteiger partial charge in [0.05, 0.1) is 24.7 Å². The van der Waals surface area contributed by atoms with Crippen LogP contribution in [0.15, 0.2) is 63.1 Å². The summed E-state index contributed by atoms with van der Waals surface area (Å²) in [6.45, 7) is 7.45. The standard InChI is InChI=1S/C23H25NO5/c1-5-27-22(25)19-14(3)24-15(4)20(23(26)28-6-2)21(19)18-13-12-17(29-18)16-10-8-7-9-11-16/h7-13,19,21H,5-6H2,1-4H3. The van der Waals surface area contributed by atoms with Crippen LogP contribution in [-0.4, -0.2) is 30.9 Å². The second-order valence-corrected chi connectivity index (χ2v) is 6.75. The predicted molar refractivity (Wildman–Crippen MR) is 109 cm³/mol. The zero-order chi connectivity index (χ0) is 21.0. The molecule has 1 aliphatic rings. The molecule has 152 valence electrons. The molecule has 0 N–H and O–H groups in total. The monoisotopic (exact) mass is 395 g/mol. The zero-order valence-electron chi connectivity index (χ0n) is 17.1. The molecule has 2 unspecified atom stereocenters. The second kappa shape index (κ2) is 8.90. The van der Waals surface area contributed by atoms with E-state index in [1.165, 1.54) is 0 Å². The number of hydrogen-bond donors (Lipinski definition) is 0. The van der Waals surface area contributed by atoms with Gasteiger partial charge in [0.15, 0.2) is 0 Å². The van der Waals surface area contributed by atoms with E-state index < -0.39 is 23.8 Å². The molecule has 0 saturated heterocycles. The first-order valence-corrected chi connectivity index (χ1v) is 9.72. The van der Waals surface area contributed by atoms with Gasteiger partial charge in [0.1, 0.15) is 17.4 Å². The molecule has 0 aliphatic carbocycles. The third kappa shape index (κ3) is 4.16. The van der Waals surface area contributed by atoms with E-state index in [1.807, 2.05) is 36.4 Å². The fourth-order valence-electron chi connectivity index (χ4n) is 3.63. The lowest BCUT2D eigenvalue weighted by atomic mass is 9.78. The van der Waals surface area contributed by atoms with E-state index in [4.69, 9.17) is 13.9 Å². The van der Waals surface area contributed by atoms with Crippen molar-refractivity contribution < 1.29 is 23.5 Å². The first kappa shape index (κ1) is 20.6. The molecule has 0 bridgehead atoms. The molecule has 1 aromatic carbocycles. The highest BCUT2D eigenvalue weighted by atomic mass is 16.5. The lowest BCUT2D eigenvalue weighted by Crippen LogP contribution is -2.36. The summed E-state index contributed by atoms with van der Waals surface area (Å²) >= 11 is 0. The Labute approximate surface area is 170 Å². The highest BCUT2D eigenvalue weighted by Gasteiger charge is 2.44. The van der Waals surface area contributed by atoms with Crippen molar-refractivity contribution in [2.75, 3.05) is 13.2 Å². The van der Waals surface area contributed by atoms with Crippen LogP contribution in [0.5, 0.6) is 0 Å². The number of rotatable bonds is 6. The van der Waals surface area contributed by atoms with Crippen LogP contribution in [0.25, 0.3) is 11.3 Å². The van der Waals surface area contributed by atoms with Crippen molar-refractivity contribution in [2.24, 2.45) is 10.9 Å². The Morgan fingerprint density at radius 2 is 1.69 bits per heavy atom. The normalized spacial score (nSPS) is 19.0. The number of esters is 2. The van der Waals surface area contributed by atoms with E-state index in [1.54, 1.807) is 33.8 Å². The van der Waals surface area contributed by atoms with Crippen LogP contribution in [0.3, 0.4) is 0 Å². The van der Waals surface area contributed by atoms with E-state index in [-0.39, 0.29) is 13.2 Å². The van der Waals surface area contributed by atoms with Crippen LogP contribution in [0.1, 0.15) is 39.4 Å². The predicted octanol–water partition coefficient (Wildman–Crippen LogP) is 4.52. The van der Waals surface area contributed by atoms with Gasteiger partial charge in [-0.15, -0.1) is 0 Å². The quantitative estimate of drug-likeness (QED) is 0.672. The van der Waals surface area contributed by atoms with Crippen molar-refractivity contribution in [3.63, 3.8) is 0 Å². The fraction of sp³-hybridized carbons (Fsp3) is 0.348. The molecular weight excluding hydrogens is 370 g/mol. The van der Waals surface area contributed by atoms with E-state index >= 15 is 0 Å². The molecule has 6 nitrogen and oxygen atoms in total. The van der Waals surface area contributed by atoms with Gasteiger partial charge in [0.2, 0.25) is 0 Å². The topological polar surface area (TPSA) is 78.1 Å². The van der Waals surface area contributed by atoms with Crippen LogP contribution in [-0.2, 0) is 19.1 Å². The van der Waals surface area contributed by atoms with Crippen LogP contribution >= 0.6 is 0 Å². The summed E-state index contributed by atoms with van der Waals surface area (Å²) in [4.78, 5) is 30.0. The summed E-state index contributed by atoms with van der Waals surface area (Å²) in [7, 11) is 0. The minimum atomic E-state index is -0.757. The Balaban J connectivity index is 2.11. The van der Waals surface area contributed by atoms with Crippen LogP contribution in [0, 0.1) is 5.92 Å². The molecule has 6 heteroatoms. The number of benzene rings is 1. The van der Waals surface area contributed by atoms with Crippen LogP contribution in [0.4, 0.5) is 0 Å². The van der Waals surface area contributed by atoms with Gasteiger partial charge in [-0.2, -0.15) is 0 Å². The van der Waals surface area contributed by atoms with Gasteiger partial charge in [-0.25, -0.2) is 4.79 Å². The van der Waals surface area contributed by atoms with E-state index in [9.17, 15) is 9.59 Å². The number of carbonyl (C=O) groups is 2. The lowest BCUT2D eigenvalue weighted by Gasteiger charge is -2.29. The number of allylic oxidation sites excluding steroid dienone is 1. The third-order valence-corrected chi connectivity index (χ3v) is 4.86. The molecule has 0 saturated carbocycles. The number of carbonyl (C=O) groups excluding carboxylic acids is 2. The molecule has 2 heterocycles. The molecule has 0 radical (unpaired) electrons. The van der Waals surface area contributed by atoms with Gasteiger partial charge < -0.3 is 13.9 Å². The van der Waals surface area contributed by atoms with Crippen molar-refractivity contribution in [1.29, 1.82) is 0 Å². The number of aliphatic imine (C=N–C) groups is 1. The number of ether oxygens (including phenoxy) is 2. The molecule has 29 heavy (non-hydrogen) atoms. The Morgan fingerprint density at radius 3 is 2.34 bits per heavy atom. The maximum Gasteiger partial charge on any atom is 0.336 e. The second-order valence-electron chi connectivity index (χ2n) is 6.75. The SMILES string of the molecule is CCOC(=O)C1=C(C)N=C(C)C(C(=O)OCC)C1c1ccc(-c2ccccc2)o1. The summed E-state index contributed by atoms with van der Waals surface area (Å²) < 4.78 is 16.7. The average Bonchev–Trinajstić information content (AvgIpc) is 3.18. The van der Waals surface area contributed by atoms with Crippen molar-refractivity contribution in [2.45, 2.75) is 33.6 Å². The van der Waals surface area contributed by atoms with E-state index in [2.05, 4.69) is 4.99 Å². The van der Waals surface area contributed by atoms with Gasteiger partial charge in [-0.05, 0) is 39.8 Å². The Hall–Kier alpha value is -3.15. The van der Waals surface area contributed by atoms with E-state index in [0.717, 1.165) is 5.56 Å². The fourth-order valence-corrected chi connectivity index (χ4v) is 3.63. The van der Waals surface area contributed by atoms with Gasteiger partial charge in [0, 0.05) is 17.0 Å². The highest BCUT2D eigenvalue weighted by Crippen LogP contribution is 2.41. The lowest BCUT2D eigenvalue weighted by molar-refractivity contribution is -0.146. The Bertz CT molecular complexity index is 955.